The van der Waals surface area contributed by atoms with E-state index in [0.29, 0.717) is 6.08 Å². The Hall–Kier alpha value is -4.62. The lowest BCUT2D eigenvalue weighted by Crippen LogP contribution is -2.19. The molecule has 0 bridgehead atoms. The third kappa shape index (κ3) is 11.1. The summed E-state index contributed by atoms with van der Waals surface area (Å²) in [6.07, 6.45) is -1.39. The van der Waals surface area contributed by atoms with Crippen molar-refractivity contribution in [2.45, 2.75) is 19.8 Å². The van der Waals surface area contributed by atoms with Gasteiger partial charge in [-0.1, -0.05) is 0 Å². The standard InChI is InChI=1S/C17H14O14/c1-7(16(28)31-17(29)9(4-11(20)21)5-12(22)23)2-13(24)30-14(25)6-8(15(26)27)3-10(18)19/h2-4H,5-6H2,1H3,(H,18,19)(H,20,21)(H,22,23)(H,26,27). The van der Waals surface area contributed by atoms with Gasteiger partial charge in [-0.15, -0.1) is 0 Å². The van der Waals surface area contributed by atoms with Crippen molar-refractivity contribution in [1.29, 1.82) is 0 Å². The fourth-order valence-corrected chi connectivity index (χ4v) is 1.63. The maximum absolute atomic E-state index is 11.8. The summed E-state index contributed by atoms with van der Waals surface area (Å²) in [5, 5.41) is 34.5. The van der Waals surface area contributed by atoms with Crippen molar-refractivity contribution >= 4 is 47.8 Å². The molecular weight excluding hydrogens is 428 g/mol. The van der Waals surface area contributed by atoms with Crippen LogP contribution in [0, 0.1) is 0 Å². The largest absolute Gasteiger partial charge is 0.481 e. The second kappa shape index (κ2) is 12.1. The zero-order chi connectivity index (χ0) is 24.3. The highest BCUT2D eigenvalue weighted by molar-refractivity contribution is 6.08. The topological polar surface area (TPSA) is 236 Å². The number of aliphatic carboxylic acids is 4. The number of ether oxygens (including phenoxy) is 2. The molecule has 0 unspecified atom stereocenters. The molecule has 0 heterocycles. The molecule has 0 aromatic rings. The van der Waals surface area contributed by atoms with Gasteiger partial charge in [-0.25, -0.2) is 28.8 Å². The second-order valence-corrected chi connectivity index (χ2v) is 5.37. The van der Waals surface area contributed by atoms with Gasteiger partial charge in [-0.3, -0.25) is 9.59 Å². The van der Waals surface area contributed by atoms with Crippen molar-refractivity contribution in [3.8, 4) is 0 Å². The smallest absolute Gasteiger partial charge is 0.342 e. The van der Waals surface area contributed by atoms with E-state index < -0.39 is 77.3 Å². The van der Waals surface area contributed by atoms with Gasteiger partial charge in [0.15, 0.2) is 0 Å². The summed E-state index contributed by atoms with van der Waals surface area (Å²) in [5.74, 6) is -12.8. The minimum Gasteiger partial charge on any atom is -0.481 e. The van der Waals surface area contributed by atoms with Crippen LogP contribution in [-0.4, -0.2) is 68.2 Å². The first kappa shape index (κ1) is 26.4. The molecule has 0 fully saturated rings. The van der Waals surface area contributed by atoms with Crippen molar-refractivity contribution in [2.75, 3.05) is 0 Å². The van der Waals surface area contributed by atoms with E-state index in [9.17, 15) is 38.4 Å². The van der Waals surface area contributed by atoms with Crippen LogP contribution < -0.4 is 0 Å². The molecule has 14 nitrogen and oxygen atoms in total. The Labute approximate surface area is 171 Å². The van der Waals surface area contributed by atoms with Crippen LogP contribution in [0.1, 0.15) is 19.8 Å². The van der Waals surface area contributed by atoms with E-state index in [1.165, 1.54) is 0 Å². The summed E-state index contributed by atoms with van der Waals surface area (Å²) in [7, 11) is 0. The molecule has 0 radical (unpaired) electrons. The quantitative estimate of drug-likeness (QED) is 0.181. The molecule has 0 aromatic heterocycles. The molecule has 0 amide bonds. The van der Waals surface area contributed by atoms with Crippen molar-refractivity contribution < 1.29 is 68.3 Å². The van der Waals surface area contributed by atoms with Crippen LogP contribution in [0.4, 0.5) is 0 Å². The average Bonchev–Trinajstić information content (AvgIpc) is 2.58. The van der Waals surface area contributed by atoms with Gasteiger partial charge in [0.1, 0.15) is 0 Å². The van der Waals surface area contributed by atoms with Gasteiger partial charge < -0.3 is 29.9 Å². The number of hydrogen-bond acceptors (Lipinski definition) is 10. The molecule has 0 atom stereocenters. The van der Waals surface area contributed by atoms with Crippen molar-refractivity contribution in [3.63, 3.8) is 0 Å². The summed E-state index contributed by atoms with van der Waals surface area (Å²) in [6.45, 7) is 0.923. The zero-order valence-electron chi connectivity index (χ0n) is 15.5. The number of carbonyl (C=O) groups excluding carboxylic acids is 4. The minimum absolute atomic E-state index is 0.206. The molecule has 0 rings (SSSR count). The van der Waals surface area contributed by atoms with Crippen LogP contribution in [0.3, 0.4) is 0 Å². The summed E-state index contributed by atoms with van der Waals surface area (Å²) in [4.78, 5) is 89.1. The first-order chi connectivity index (χ1) is 14.2. The van der Waals surface area contributed by atoms with E-state index in [-0.39, 0.29) is 12.2 Å². The highest BCUT2D eigenvalue weighted by Gasteiger charge is 2.22. The predicted molar refractivity (Wildman–Crippen MR) is 91.9 cm³/mol. The Morgan fingerprint density at radius 3 is 1.65 bits per heavy atom. The lowest BCUT2D eigenvalue weighted by molar-refractivity contribution is -0.158. The third-order valence-electron chi connectivity index (χ3n) is 2.86. The molecule has 0 saturated heterocycles. The van der Waals surface area contributed by atoms with Gasteiger partial charge in [0.2, 0.25) is 0 Å². The highest BCUT2D eigenvalue weighted by Crippen LogP contribution is 2.09. The molecule has 0 spiro atoms. The molecule has 4 N–H and O–H groups in total. The van der Waals surface area contributed by atoms with Gasteiger partial charge in [0.05, 0.1) is 24.0 Å². The van der Waals surface area contributed by atoms with Gasteiger partial charge in [0, 0.05) is 23.8 Å². The summed E-state index contributed by atoms with van der Waals surface area (Å²) < 4.78 is 8.42. The number of esters is 4. The molecule has 166 valence electrons. The molecule has 31 heavy (non-hydrogen) atoms. The Kier molecular flexibility index (Phi) is 10.3. The van der Waals surface area contributed by atoms with Crippen molar-refractivity contribution in [2.24, 2.45) is 0 Å². The van der Waals surface area contributed by atoms with Crippen LogP contribution in [0.2, 0.25) is 0 Å². The lowest BCUT2D eigenvalue weighted by atomic mass is 10.2. The van der Waals surface area contributed by atoms with Crippen LogP contribution >= 0.6 is 0 Å². The Balaban J connectivity index is 5.16. The van der Waals surface area contributed by atoms with Gasteiger partial charge >= 0.3 is 47.8 Å². The van der Waals surface area contributed by atoms with E-state index in [0.717, 1.165) is 6.92 Å². The molecular formula is C17H14O14. The SMILES string of the molecule is CC(=CC(=O)OC(=O)CC(=CC(=O)O)C(=O)O)C(=O)OC(=O)C(=CC(=O)O)CC(=O)O. The van der Waals surface area contributed by atoms with E-state index in [1.807, 2.05) is 0 Å². The third-order valence-corrected chi connectivity index (χ3v) is 2.86. The number of carboxylic acid groups (broad SMARTS) is 4. The van der Waals surface area contributed by atoms with Crippen LogP contribution in [0.15, 0.2) is 34.9 Å². The van der Waals surface area contributed by atoms with Crippen molar-refractivity contribution in [1.82, 2.24) is 0 Å². The van der Waals surface area contributed by atoms with E-state index in [4.69, 9.17) is 20.4 Å². The summed E-state index contributed by atoms with van der Waals surface area (Å²) in [5.41, 5.74) is -2.41. The average molecular weight is 442 g/mol. The first-order valence-corrected chi connectivity index (χ1v) is 7.74. The van der Waals surface area contributed by atoms with E-state index in [2.05, 4.69) is 9.47 Å². The molecule has 0 aromatic carbocycles. The van der Waals surface area contributed by atoms with E-state index >= 15 is 0 Å². The first-order valence-electron chi connectivity index (χ1n) is 7.74. The van der Waals surface area contributed by atoms with Crippen LogP contribution in [-0.2, 0) is 47.8 Å². The molecule has 0 aliphatic carbocycles. The lowest BCUT2D eigenvalue weighted by Gasteiger charge is -2.05. The van der Waals surface area contributed by atoms with Crippen LogP contribution in [0.5, 0.6) is 0 Å². The fourth-order valence-electron chi connectivity index (χ4n) is 1.63. The van der Waals surface area contributed by atoms with Crippen molar-refractivity contribution in [3.05, 3.63) is 34.9 Å². The predicted octanol–water partition coefficient (Wildman–Crippen LogP) is -0.956. The number of carboxylic acids is 4. The van der Waals surface area contributed by atoms with Gasteiger partial charge in [-0.2, -0.15) is 0 Å². The number of hydrogen-bond donors (Lipinski definition) is 4. The molecule has 0 aliphatic heterocycles. The monoisotopic (exact) mass is 442 g/mol. The summed E-state index contributed by atoms with van der Waals surface area (Å²) in [6, 6.07) is 0. The second-order valence-electron chi connectivity index (χ2n) is 5.37. The van der Waals surface area contributed by atoms with Gasteiger partial charge in [-0.05, 0) is 6.92 Å². The molecule has 0 aliphatic rings. The molecule has 0 saturated carbocycles. The Morgan fingerprint density at radius 1 is 0.677 bits per heavy atom. The number of rotatable bonds is 10. The van der Waals surface area contributed by atoms with Crippen LogP contribution in [0.25, 0.3) is 0 Å². The maximum Gasteiger partial charge on any atom is 0.342 e. The Bertz CT molecular complexity index is 930. The molecule has 14 heteroatoms. The van der Waals surface area contributed by atoms with E-state index in [1.54, 1.807) is 0 Å². The highest BCUT2D eigenvalue weighted by atomic mass is 16.6. The summed E-state index contributed by atoms with van der Waals surface area (Å²) >= 11 is 0. The normalized spacial score (nSPS) is 11.8. The zero-order valence-corrected chi connectivity index (χ0v) is 15.5. The minimum atomic E-state index is -1.76. The maximum atomic E-state index is 11.8. The Morgan fingerprint density at radius 2 is 1.19 bits per heavy atom. The fraction of sp³-hybridized carbons (Fsp3) is 0.176. The number of carbonyl (C=O) groups is 8. The van der Waals surface area contributed by atoms with Gasteiger partial charge in [0.25, 0.3) is 0 Å².